The van der Waals surface area contributed by atoms with Crippen molar-refractivity contribution in [2.24, 2.45) is 0 Å². The number of hydrogen-bond acceptors (Lipinski definition) is 6. The summed E-state index contributed by atoms with van der Waals surface area (Å²) < 4.78 is 5.43. The maximum Gasteiger partial charge on any atom is 0.262 e. The number of carbonyl (C=O) groups excluding carboxylic acids is 1. The second-order valence-electron chi connectivity index (χ2n) is 6.05. The average Bonchev–Trinajstić information content (AvgIpc) is 2.69. The molecule has 27 heavy (non-hydrogen) atoms. The van der Waals surface area contributed by atoms with Gasteiger partial charge in [-0.05, 0) is 36.4 Å². The van der Waals surface area contributed by atoms with Crippen LogP contribution in [0.25, 0.3) is 0 Å². The first-order valence-electron chi connectivity index (χ1n) is 8.45. The number of carbonyl (C=O) groups is 1. The van der Waals surface area contributed by atoms with Gasteiger partial charge in [0.05, 0.1) is 11.9 Å². The van der Waals surface area contributed by atoms with Crippen molar-refractivity contribution in [2.45, 2.75) is 0 Å². The summed E-state index contributed by atoms with van der Waals surface area (Å²) in [6.07, 6.45) is 1.70. The zero-order chi connectivity index (χ0) is 19.1. The van der Waals surface area contributed by atoms with Gasteiger partial charge in [0.25, 0.3) is 5.91 Å². The van der Waals surface area contributed by atoms with Crippen LogP contribution in [-0.2, 0) is 4.79 Å². The van der Waals surface area contributed by atoms with Gasteiger partial charge >= 0.3 is 0 Å². The number of amides is 1. The molecule has 3 rings (SSSR count). The topological polar surface area (TPSA) is 79.4 Å². The minimum Gasteiger partial charge on any atom is -0.484 e. The van der Waals surface area contributed by atoms with Crippen LogP contribution in [0.4, 0.5) is 22.9 Å². The molecule has 0 spiro atoms. The highest BCUT2D eigenvalue weighted by Crippen LogP contribution is 2.20. The van der Waals surface area contributed by atoms with Crippen molar-refractivity contribution < 1.29 is 9.53 Å². The Hall–Kier alpha value is -3.61. The highest BCUT2D eigenvalue weighted by atomic mass is 16.5. The molecule has 2 aromatic carbocycles. The molecular formula is C20H21N5O2. The number of ether oxygens (including phenoxy) is 1. The van der Waals surface area contributed by atoms with E-state index in [1.54, 1.807) is 6.20 Å². The van der Waals surface area contributed by atoms with E-state index in [2.05, 4.69) is 20.8 Å². The van der Waals surface area contributed by atoms with Gasteiger partial charge in [0.15, 0.2) is 12.4 Å². The summed E-state index contributed by atoms with van der Waals surface area (Å²) in [5.74, 6) is 1.09. The van der Waals surface area contributed by atoms with Gasteiger partial charge < -0.3 is 20.3 Å². The first-order valence-corrected chi connectivity index (χ1v) is 8.45. The van der Waals surface area contributed by atoms with Crippen LogP contribution in [0.5, 0.6) is 5.75 Å². The molecule has 0 saturated carbocycles. The molecule has 0 fully saturated rings. The Bertz CT molecular complexity index is 882. The smallest absolute Gasteiger partial charge is 0.262 e. The van der Waals surface area contributed by atoms with Crippen molar-refractivity contribution in [3.05, 3.63) is 66.9 Å². The molecule has 0 aliphatic rings. The molecule has 0 atom stereocenters. The Balaban J connectivity index is 1.54. The second-order valence-corrected chi connectivity index (χ2v) is 6.05. The van der Waals surface area contributed by atoms with Crippen LogP contribution in [0.2, 0.25) is 0 Å². The molecule has 1 aromatic heterocycles. The molecule has 0 saturated heterocycles. The summed E-state index contributed by atoms with van der Waals surface area (Å²) in [5, 5.41) is 14.0. The fourth-order valence-electron chi connectivity index (χ4n) is 2.31. The number of para-hydroxylation sites is 1. The number of nitrogens with one attached hydrogen (secondary N) is 2. The minimum absolute atomic E-state index is 0.0447. The third kappa shape index (κ3) is 5.43. The minimum atomic E-state index is -0.218. The molecule has 0 bridgehead atoms. The number of rotatable bonds is 7. The van der Waals surface area contributed by atoms with E-state index in [0.717, 1.165) is 11.4 Å². The molecule has 0 aliphatic heterocycles. The van der Waals surface area contributed by atoms with Gasteiger partial charge in [0.2, 0.25) is 0 Å². The average molecular weight is 363 g/mol. The van der Waals surface area contributed by atoms with Gasteiger partial charge in [-0.1, -0.05) is 18.2 Å². The Morgan fingerprint density at radius 3 is 2.44 bits per heavy atom. The lowest BCUT2D eigenvalue weighted by Gasteiger charge is -2.13. The number of hydrogen-bond donors (Lipinski definition) is 2. The Labute approximate surface area is 158 Å². The van der Waals surface area contributed by atoms with Crippen molar-refractivity contribution >= 4 is 28.8 Å². The summed E-state index contributed by atoms with van der Waals surface area (Å²) in [7, 11) is 3.89. The van der Waals surface area contributed by atoms with E-state index < -0.39 is 0 Å². The normalized spacial score (nSPS) is 10.1. The number of nitrogens with zero attached hydrogens (tertiary/aromatic N) is 3. The molecule has 7 nitrogen and oxygen atoms in total. The van der Waals surface area contributed by atoms with Crippen LogP contribution in [0.1, 0.15) is 0 Å². The molecule has 0 aliphatic carbocycles. The molecule has 3 aromatic rings. The fraction of sp³-hybridized carbons (Fsp3) is 0.150. The maximum absolute atomic E-state index is 12.0. The van der Waals surface area contributed by atoms with Gasteiger partial charge in [0.1, 0.15) is 5.75 Å². The molecule has 2 N–H and O–H groups in total. The largest absolute Gasteiger partial charge is 0.484 e. The SMILES string of the molecule is CN(C)c1cnnc(Nc2ccc(NC(=O)COc3ccccc3)cc2)c1. The van der Waals surface area contributed by atoms with Gasteiger partial charge in [-0.2, -0.15) is 5.10 Å². The summed E-state index contributed by atoms with van der Waals surface area (Å²) in [6.45, 7) is -0.0447. The van der Waals surface area contributed by atoms with Crippen molar-refractivity contribution in [3.8, 4) is 5.75 Å². The first-order chi connectivity index (χ1) is 13.1. The van der Waals surface area contributed by atoms with Crippen LogP contribution >= 0.6 is 0 Å². The zero-order valence-corrected chi connectivity index (χ0v) is 15.2. The number of aromatic nitrogens is 2. The Morgan fingerprint density at radius 1 is 1.04 bits per heavy atom. The Morgan fingerprint density at radius 2 is 1.74 bits per heavy atom. The van der Waals surface area contributed by atoms with Crippen molar-refractivity contribution in [1.29, 1.82) is 0 Å². The van der Waals surface area contributed by atoms with Crippen molar-refractivity contribution in [2.75, 3.05) is 36.2 Å². The summed E-state index contributed by atoms with van der Waals surface area (Å²) in [5.41, 5.74) is 2.49. The van der Waals surface area contributed by atoms with E-state index in [1.807, 2.05) is 79.7 Å². The highest BCUT2D eigenvalue weighted by molar-refractivity contribution is 5.92. The Kier molecular flexibility index (Phi) is 5.84. The first kappa shape index (κ1) is 18.2. The quantitative estimate of drug-likeness (QED) is 0.670. The van der Waals surface area contributed by atoms with Crippen LogP contribution in [0.15, 0.2) is 66.9 Å². The van der Waals surface area contributed by atoms with E-state index in [-0.39, 0.29) is 12.5 Å². The lowest BCUT2D eigenvalue weighted by molar-refractivity contribution is -0.118. The number of benzene rings is 2. The molecule has 7 heteroatoms. The van der Waals surface area contributed by atoms with Crippen LogP contribution in [0, 0.1) is 0 Å². The third-order valence-electron chi connectivity index (χ3n) is 3.71. The zero-order valence-electron chi connectivity index (χ0n) is 15.2. The molecule has 0 radical (unpaired) electrons. The molecule has 0 unspecified atom stereocenters. The predicted molar refractivity (Wildman–Crippen MR) is 107 cm³/mol. The van der Waals surface area contributed by atoms with Gasteiger partial charge in [-0.3, -0.25) is 4.79 Å². The number of anilines is 4. The van der Waals surface area contributed by atoms with E-state index in [4.69, 9.17) is 4.74 Å². The molecule has 138 valence electrons. The summed E-state index contributed by atoms with van der Waals surface area (Å²) in [4.78, 5) is 13.9. The lowest BCUT2D eigenvalue weighted by atomic mass is 10.2. The maximum atomic E-state index is 12.0. The van der Waals surface area contributed by atoms with Crippen LogP contribution in [0.3, 0.4) is 0 Å². The van der Waals surface area contributed by atoms with Crippen molar-refractivity contribution in [3.63, 3.8) is 0 Å². The lowest BCUT2D eigenvalue weighted by Crippen LogP contribution is -2.20. The van der Waals surface area contributed by atoms with Gasteiger partial charge in [0, 0.05) is 31.5 Å². The predicted octanol–water partition coefficient (Wildman–Crippen LogP) is 3.30. The standard InChI is InChI=1S/C20H21N5O2/c1-25(2)17-12-19(24-21-13-17)22-15-8-10-16(11-9-15)23-20(26)14-27-18-6-4-3-5-7-18/h3-13H,14H2,1-2H3,(H,22,24)(H,23,26). The van der Waals surface area contributed by atoms with Crippen LogP contribution in [-0.4, -0.2) is 36.8 Å². The highest BCUT2D eigenvalue weighted by Gasteiger charge is 2.05. The van der Waals surface area contributed by atoms with E-state index in [9.17, 15) is 4.79 Å². The van der Waals surface area contributed by atoms with Gasteiger partial charge in [-0.15, -0.1) is 5.10 Å². The second kappa shape index (κ2) is 8.66. The summed E-state index contributed by atoms with van der Waals surface area (Å²) in [6, 6.07) is 18.5. The van der Waals surface area contributed by atoms with Crippen LogP contribution < -0.4 is 20.3 Å². The third-order valence-corrected chi connectivity index (χ3v) is 3.71. The van der Waals surface area contributed by atoms with E-state index >= 15 is 0 Å². The van der Waals surface area contributed by atoms with Crippen molar-refractivity contribution in [1.82, 2.24) is 10.2 Å². The van der Waals surface area contributed by atoms with E-state index in [1.165, 1.54) is 0 Å². The van der Waals surface area contributed by atoms with E-state index in [0.29, 0.717) is 17.3 Å². The summed E-state index contributed by atoms with van der Waals surface area (Å²) >= 11 is 0. The fourth-order valence-corrected chi connectivity index (χ4v) is 2.31. The monoisotopic (exact) mass is 363 g/mol. The molecular weight excluding hydrogens is 342 g/mol. The molecule has 1 amide bonds. The van der Waals surface area contributed by atoms with Gasteiger partial charge in [-0.25, -0.2) is 0 Å². The molecule has 1 heterocycles.